The van der Waals surface area contributed by atoms with E-state index >= 15 is 0 Å². The average Bonchev–Trinajstić information content (AvgIpc) is 2.72. The van der Waals surface area contributed by atoms with Crippen molar-refractivity contribution in [1.29, 1.82) is 0 Å². The summed E-state index contributed by atoms with van der Waals surface area (Å²) >= 11 is 9.65. The highest BCUT2D eigenvalue weighted by Crippen LogP contribution is 2.88. The molecule has 10 nitrogen and oxygen atoms in total. The Balaban J connectivity index is 7.01. The Kier molecular flexibility index (Phi) is 16.4. The van der Waals surface area contributed by atoms with Gasteiger partial charge in [-0.05, 0) is 41.5 Å². The minimum absolute atomic E-state index is 0.0254. The minimum Gasteiger partial charge on any atom is -0.318 e. The topological polar surface area (TPSA) is 124 Å². The van der Waals surface area contributed by atoms with E-state index in [-0.39, 0.29) is 39.6 Å². The molecular formula is C15H33Br3O10P4. The van der Waals surface area contributed by atoms with Crippen LogP contribution in [0.15, 0.2) is 0 Å². The van der Waals surface area contributed by atoms with Gasteiger partial charge in [0.15, 0.2) is 20.1 Å². The predicted molar refractivity (Wildman–Crippen MR) is 138 cm³/mol. The molecule has 0 N–H and O–H groups in total. The number of alkyl halides is 3. The molecule has 0 aliphatic rings. The number of hydrogen-bond acceptors (Lipinski definition) is 10. The van der Waals surface area contributed by atoms with Crippen LogP contribution in [-0.4, -0.2) is 52.6 Å². The largest absolute Gasteiger partial charge is 0.351 e. The SMILES string of the molecule is CCOP(=O)(OCC)C(Br)P(=O)(C(Br)P(=O)(OCC)OCC)C(Br)P(=O)(OCC)OCC. The van der Waals surface area contributed by atoms with E-state index in [9.17, 15) is 18.3 Å². The molecule has 0 amide bonds. The van der Waals surface area contributed by atoms with Crippen molar-refractivity contribution in [2.75, 3.05) is 39.6 Å². The first-order valence-electron chi connectivity index (χ1n) is 10.0. The van der Waals surface area contributed by atoms with Crippen LogP contribution in [0.3, 0.4) is 0 Å². The molecule has 0 rings (SSSR count). The number of hydrogen-bond donors (Lipinski definition) is 0. The Hall–Kier alpha value is 2.12. The Bertz CT molecular complexity index is 630. The molecule has 0 aromatic carbocycles. The average molecular weight is 737 g/mol. The van der Waals surface area contributed by atoms with Crippen LogP contribution in [0.5, 0.6) is 0 Å². The van der Waals surface area contributed by atoms with Gasteiger partial charge in [-0.3, -0.25) is 13.7 Å². The van der Waals surface area contributed by atoms with Crippen molar-refractivity contribution in [1.82, 2.24) is 0 Å². The Morgan fingerprint density at radius 2 is 0.625 bits per heavy atom. The van der Waals surface area contributed by atoms with Crippen LogP contribution in [0.1, 0.15) is 41.5 Å². The van der Waals surface area contributed by atoms with E-state index in [0.717, 1.165) is 0 Å². The monoisotopic (exact) mass is 734 g/mol. The fraction of sp³-hybridized carbons (Fsp3) is 1.00. The summed E-state index contributed by atoms with van der Waals surface area (Å²) in [5, 5.41) is 0. The summed E-state index contributed by atoms with van der Waals surface area (Å²) < 4.78 is 83.2. The second-order valence-corrected chi connectivity index (χ2v) is 23.5. The molecule has 0 aromatic rings. The summed E-state index contributed by atoms with van der Waals surface area (Å²) in [6.07, 6.45) is 0. The quantitative estimate of drug-likeness (QED) is 0.101. The predicted octanol–water partition coefficient (Wildman–Crippen LogP) is 8.18. The van der Waals surface area contributed by atoms with Crippen molar-refractivity contribution in [2.45, 2.75) is 54.5 Å². The van der Waals surface area contributed by atoms with Gasteiger partial charge in [0.25, 0.3) is 0 Å². The van der Waals surface area contributed by atoms with Gasteiger partial charge in [-0.2, -0.15) is 0 Å². The second-order valence-electron chi connectivity index (χ2n) is 5.82. The van der Waals surface area contributed by atoms with Crippen LogP contribution in [0, 0.1) is 0 Å². The van der Waals surface area contributed by atoms with Crippen LogP contribution < -0.4 is 0 Å². The molecule has 0 aliphatic heterocycles. The lowest BCUT2D eigenvalue weighted by molar-refractivity contribution is 0.220. The molecule has 0 saturated heterocycles. The van der Waals surface area contributed by atoms with E-state index in [0.29, 0.717) is 0 Å². The van der Waals surface area contributed by atoms with E-state index < -0.39 is 42.9 Å². The van der Waals surface area contributed by atoms with Crippen LogP contribution in [0.2, 0.25) is 0 Å². The standard InChI is InChI=1S/C15H33Br3O10P4/c1-7-23-30(20,24-8-2)13(16)29(19,14(17)31(21,25-9-3)26-10-4)15(18)32(22,27-11-5)28-12-6/h13-15H,7-12H2,1-6H3. The van der Waals surface area contributed by atoms with Crippen LogP contribution in [0.25, 0.3) is 0 Å². The zero-order chi connectivity index (χ0) is 25.2. The van der Waals surface area contributed by atoms with Crippen molar-refractivity contribution < 1.29 is 45.4 Å². The van der Waals surface area contributed by atoms with Gasteiger partial charge < -0.3 is 31.7 Å². The maximum absolute atomic E-state index is 14.8. The maximum atomic E-state index is 14.8. The fourth-order valence-corrected chi connectivity index (χ4v) is 28.6. The minimum atomic E-state index is -4.32. The smallest absolute Gasteiger partial charge is 0.318 e. The third-order valence-corrected chi connectivity index (χ3v) is 27.0. The van der Waals surface area contributed by atoms with Gasteiger partial charge in [-0.25, -0.2) is 0 Å². The lowest BCUT2D eigenvalue weighted by Crippen LogP contribution is -2.23. The van der Waals surface area contributed by atoms with Gasteiger partial charge in [-0.1, -0.05) is 47.8 Å². The van der Waals surface area contributed by atoms with Crippen LogP contribution in [0.4, 0.5) is 0 Å². The first kappa shape index (κ1) is 34.1. The molecule has 0 fully saturated rings. The van der Waals surface area contributed by atoms with E-state index in [1.807, 2.05) is 0 Å². The summed E-state index contributed by atoms with van der Waals surface area (Å²) in [6.45, 7) is 9.37. The molecule has 0 saturated carbocycles. The maximum Gasteiger partial charge on any atom is 0.351 e. The van der Waals surface area contributed by atoms with Gasteiger partial charge in [0.2, 0.25) is 0 Å². The van der Waals surface area contributed by atoms with E-state index in [1.165, 1.54) is 0 Å². The molecule has 17 heteroatoms. The van der Waals surface area contributed by atoms with E-state index in [4.69, 9.17) is 27.1 Å². The van der Waals surface area contributed by atoms with E-state index in [1.54, 1.807) is 41.5 Å². The Labute approximate surface area is 216 Å². The highest BCUT2D eigenvalue weighted by molar-refractivity contribution is 9.15. The van der Waals surface area contributed by atoms with Gasteiger partial charge in [0, 0.05) is 0 Å². The zero-order valence-electron chi connectivity index (χ0n) is 19.0. The Morgan fingerprint density at radius 3 is 0.750 bits per heavy atom. The molecule has 3 unspecified atom stereocenters. The van der Waals surface area contributed by atoms with E-state index in [2.05, 4.69) is 47.8 Å². The molecule has 0 aliphatic carbocycles. The molecule has 32 heavy (non-hydrogen) atoms. The third-order valence-electron chi connectivity index (χ3n) is 3.64. The molecule has 194 valence electrons. The molecule has 0 bridgehead atoms. The fourth-order valence-electron chi connectivity index (χ4n) is 2.53. The number of halogens is 3. The number of rotatable bonds is 18. The molecular weight excluding hydrogens is 704 g/mol. The van der Waals surface area contributed by atoms with Crippen molar-refractivity contribution >= 4 is 77.7 Å². The normalized spacial score (nSPS) is 18.2. The lowest BCUT2D eigenvalue weighted by atomic mass is 10.9. The first-order chi connectivity index (χ1) is 14.8. The Morgan fingerprint density at radius 1 is 0.469 bits per heavy atom. The molecule has 0 spiro atoms. The van der Waals surface area contributed by atoms with Crippen LogP contribution in [-0.2, 0) is 45.4 Å². The first-order valence-corrected chi connectivity index (χ1v) is 19.5. The molecule has 3 atom stereocenters. The second kappa shape index (κ2) is 15.4. The van der Waals surface area contributed by atoms with Gasteiger partial charge in [0.1, 0.15) is 0 Å². The highest BCUT2D eigenvalue weighted by Gasteiger charge is 2.64. The summed E-state index contributed by atoms with van der Waals surface area (Å²) in [5.41, 5.74) is 0. The van der Waals surface area contributed by atoms with Crippen LogP contribution >= 0.6 is 77.7 Å². The van der Waals surface area contributed by atoms with Crippen molar-refractivity contribution in [2.24, 2.45) is 0 Å². The van der Waals surface area contributed by atoms with Crippen molar-refractivity contribution in [3.8, 4) is 0 Å². The summed E-state index contributed by atoms with van der Waals surface area (Å²) in [5.74, 6) is 0. The van der Waals surface area contributed by atoms with Crippen molar-refractivity contribution in [3.05, 3.63) is 0 Å². The zero-order valence-corrected chi connectivity index (χ0v) is 27.3. The molecule has 0 aromatic heterocycles. The summed E-state index contributed by atoms with van der Waals surface area (Å²) in [6, 6.07) is 0. The molecule has 0 heterocycles. The van der Waals surface area contributed by atoms with Gasteiger partial charge >= 0.3 is 22.8 Å². The third kappa shape index (κ3) is 8.06. The lowest BCUT2D eigenvalue weighted by Gasteiger charge is -2.38. The summed E-state index contributed by atoms with van der Waals surface area (Å²) in [4.78, 5) is 0. The summed E-state index contributed by atoms with van der Waals surface area (Å²) in [7, 11) is -16.7. The molecule has 0 radical (unpaired) electrons. The van der Waals surface area contributed by atoms with Gasteiger partial charge in [-0.15, -0.1) is 0 Å². The van der Waals surface area contributed by atoms with Gasteiger partial charge in [0.05, 0.1) is 39.6 Å². The highest BCUT2D eigenvalue weighted by atomic mass is 79.9. The van der Waals surface area contributed by atoms with Crippen molar-refractivity contribution in [3.63, 3.8) is 0 Å².